The van der Waals surface area contributed by atoms with Crippen LogP contribution >= 0.6 is 11.3 Å². The molecule has 2 heterocycles. The van der Waals surface area contributed by atoms with Gasteiger partial charge in [0.1, 0.15) is 0 Å². The van der Waals surface area contributed by atoms with Crippen LogP contribution in [0, 0.1) is 0 Å². The van der Waals surface area contributed by atoms with Gasteiger partial charge in [0.15, 0.2) is 16.6 Å². The number of carbonyl (C=O) groups excluding carboxylic acids is 1. The Kier molecular flexibility index (Phi) is 5.41. The number of anilines is 2. The Morgan fingerprint density at radius 3 is 2.79 bits per heavy atom. The Morgan fingerprint density at radius 2 is 1.93 bits per heavy atom. The minimum atomic E-state index is -0.382. The predicted molar refractivity (Wildman–Crippen MR) is 108 cm³/mol. The molecule has 0 saturated carbocycles. The molecule has 0 aliphatic carbocycles. The second kappa shape index (κ2) is 8.28. The predicted octanol–water partition coefficient (Wildman–Crippen LogP) is 2.93. The molecule has 0 spiro atoms. The summed E-state index contributed by atoms with van der Waals surface area (Å²) in [5, 5.41) is 9.28. The van der Waals surface area contributed by atoms with E-state index >= 15 is 0 Å². The Labute approximate surface area is 166 Å². The lowest BCUT2D eigenvalue weighted by atomic mass is 10.1. The van der Waals surface area contributed by atoms with Gasteiger partial charge >= 0.3 is 0 Å². The maximum atomic E-state index is 11.0. The lowest BCUT2D eigenvalue weighted by Gasteiger charge is -2.08. The van der Waals surface area contributed by atoms with E-state index in [1.165, 1.54) is 11.3 Å². The summed E-state index contributed by atoms with van der Waals surface area (Å²) in [4.78, 5) is 15.4. The van der Waals surface area contributed by atoms with Gasteiger partial charge in [-0.1, -0.05) is 18.2 Å². The van der Waals surface area contributed by atoms with Crippen LogP contribution in [0.5, 0.6) is 11.5 Å². The van der Waals surface area contributed by atoms with Crippen molar-refractivity contribution in [3.8, 4) is 11.5 Å². The second-order valence-corrected chi connectivity index (χ2v) is 7.26. The third-order valence-corrected chi connectivity index (χ3v) is 4.99. The number of rotatable bonds is 8. The van der Waals surface area contributed by atoms with E-state index in [-0.39, 0.29) is 19.1 Å². The topological polar surface area (TPSA) is 98.5 Å². The maximum Gasteiger partial charge on any atom is 0.231 e. The van der Waals surface area contributed by atoms with Crippen molar-refractivity contribution in [3.63, 3.8) is 0 Å². The molecule has 2 aromatic carbocycles. The Balaban J connectivity index is 1.32. The molecule has 1 aliphatic heterocycles. The van der Waals surface area contributed by atoms with E-state index in [1.807, 2.05) is 35.7 Å². The van der Waals surface area contributed by atoms with Crippen LogP contribution in [-0.4, -0.2) is 17.7 Å². The largest absolute Gasteiger partial charge is 0.454 e. The van der Waals surface area contributed by atoms with Crippen LogP contribution in [0.25, 0.3) is 0 Å². The molecule has 0 saturated heterocycles. The zero-order valence-corrected chi connectivity index (χ0v) is 15.9. The van der Waals surface area contributed by atoms with Gasteiger partial charge in [-0.15, -0.1) is 11.3 Å². The molecular formula is C20H20N4O3S. The quantitative estimate of drug-likeness (QED) is 0.542. The summed E-state index contributed by atoms with van der Waals surface area (Å²) in [5.74, 6) is 1.21. The summed E-state index contributed by atoms with van der Waals surface area (Å²) >= 11 is 1.45. The number of hydrogen-bond acceptors (Lipinski definition) is 7. The molecule has 1 aromatic heterocycles. The Hall–Kier alpha value is -3.10. The van der Waals surface area contributed by atoms with E-state index in [2.05, 4.69) is 27.8 Å². The van der Waals surface area contributed by atoms with Gasteiger partial charge in [-0.3, -0.25) is 4.79 Å². The highest BCUT2D eigenvalue weighted by atomic mass is 32.1. The number of nitrogens with one attached hydrogen (secondary N) is 2. The number of ether oxygens (including phenoxy) is 2. The van der Waals surface area contributed by atoms with E-state index in [1.54, 1.807) is 0 Å². The molecule has 0 unspecified atom stereocenters. The van der Waals surface area contributed by atoms with Crippen LogP contribution in [0.4, 0.5) is 10.8 Å². The number of nitrogens with two attached hydrogens (primary N) is 1. The summed E-state index contributed by atoms with van der Waals surface area (Å²) in [6.45, 7) is 1.75. The molecule has 0 atom stereocenters. The number of primary amides is 1. The van der Waals surface area contributed by atoms with Crippen molar-refractivity contribution in [2.75, 3.05) is 12.1 Å². The molecule has 1 amide bonds. The molecule has 28 heavy (non-hydrogen) atoms. The summed E-state index contributed by atoms with van der Waals surface area (Å²) in [6.07, 6.45) is 0.155. The van der Waals surface area contributed by atoms with E-state index in [9.17, 15) is 4.79 Å². The van der Waals surface area contributed by atoms with Crippen molar-refractivity contribution in [2.45, 2.75) is 19.5 Å². The molecule has 0 bridgehead atoms. The third kappa shape index (κ3) is 4.59. The van der Waals surface area contributed by atoms with E-state index in [4.69, 9.17) is 15.2 Å². The van der Waals surface area contributed by atoms with Gasteiger partial charge in [-0.05, 0) is 35.4 Å². The highest BCUT2D eigenvalue weighted by molar-refractivity contribution is 7.13. The zero-order valence-electron chi connectivity index (χ0n) is 15.1. The van der Waals surface area contributed by atoms with Crippen LogP contribution in [-0.2, 0) is 24.3 Å². The van der Waals surface area contributed by atoms with Crippen molar-refractivity contribution in [1.29, 1.82) is 0 Å². The highest BCUT2D eigenvalue weighted by Gasteiger charge is 2.12. The molecule has 4 rings (SSSR count). The maximum absolute atomic E-state index is 11.0. The molecule has 144 valence electrons. The van der Waals surface area contributed by atoms with E-state index in [0.717, 1.165) is 46.5 Å². The Bertz CT molecular complexity index is 989. The van der Waals surface area contributed by atoms with Gasteiger partial charge in [0, 0.05) is 24.2 Å². The number of carbonyl (C=O) groups is 1. The zero-order chi connectivity index (χ0) is 19.3. The van der Waals surface area contributed by atoms with Gasteiger partial charge in [0.25, 0.3) is 0 Å². The van der Waals surface area contributed by atoms with Crippen molar-refractivity contribution in [2.24, 2.45) is 5.73 Å². The first-order chi connectivity index (χ1) is 13.7. The smallest absolute Gasteiger partial charge is 0.231 e. The average molecular weight is 396 g/mol. The third-order valence-electron chi connectivity index (χ3n) is 4.18. The van der Waals surface area contributed by atoms with E-state index in [0.29, 0.717) is 5.69 Å². The molecule has 8 heteroatoms. The first kappa shape index (κ1) is 18.3. The normalized spacial score (nSPS) is 12.1. The molecule has 4 N–H and O–H groups in total. The molecule has 1 aliphatic rings. The van der Waals surface area contributed by atoms with Crippen molar-refractivity contribution < 1.29 is 14.3 Å². The number of benzene rings is 2. The van der Waals surface area contributed by atoms with Crippen LogP contribution in [0.2, 0.25) is 0 Å². The fourth-order valence-electron chi connectivity index (χ4n) is 2.91. The number of amides is 1. The SMILES string of the molecule is NC(=O)Cc1csc(Nc2cccc(CNCc3ccc4c(c3)OCO4)c2)n1. The number of aromatic nitrogens is 1. The van der Waals surface area contributed by atoms with Crippen molar-refractivity contribution >= 4 is 28.1 Å². The summed E-state index contributed by atoms with van der Waals surface area (Å²) < 4.78 is 10.7. The summed E-state index contributed by atoms with van der Waals surface area (Å²) in [5.41, 5.74) is 9.13. The summed E-state index contributed by atoms with van der Waals surface area (Å²) in [7, 11) is 0. The lowest BCUT2D eigenvalue weighted by Crippen LogP contribution is -2.13. The number of nitrogens with zero attached hydrogens (tertiary/aromatic N) is 1. The van der Waals surface area contributed by atoms with Crippen LogP contribution < -0.4 is 25.8 Å². The monoisotopic (exact) mass is 396 g/mol. The van der Waals surface area contributed by atoms with Gasteiger partial charge in [-0.2, -0.15) is 0 Å². The van der Waals surface area contributed by atoms with Gasteiger partial charge in [0.2, 0.25) is 12.7 Å². The van der Waals surface area contributed by atoms with E-state index < -0.39 is 0 Å². The highest BCUT2D eigenvalue weighted by Crippen LogP contribution is 2.32. The average Bonchev–Trinajstić information content (AvgIpc) is 3.30. The molecule has 0 fully saturated rings. The van der Waals surface area contributed by atoms with Gasteiger partial charge in [0.05, 0.1) is 12.1 Å². The number of fused-ring (bicyclic) bond motifs is 1. The van der Waals surface area contributed by atoms with Gasteiger partial charge in [-0.25, -0.2) is 4.98 Å². The molecular weight excluding hydrogens is 376 g/mol. The van der Waals surface area contributed by atoms with Crippen LogP contribution in [0.1, 0.15) is 16.8 Å². The lowest BCUT2D eigenvalue weighted by molar-refractivity contribution is -0.117. The Morgan fingerprint density at radius 1 is 1.11 bits per heavy atom. The second-order valence-electron chi connectivity index (χ2n) is 6.40. The minimum Gasteiger partial charge on any atom is -0.454 e. The molecule has 3 aromatic rings. The number of hydrogen-bond donors (Lipinski definition) is 3. The van der Waals surface area contributed by atoms with Crippen molar-refractivity contribution in [3.05, 3.63) is 64.7 Å². The van der Waals surface area contributed by atoms with Crippen molar-refractivity contribution in [1.82, 2.24) is 10.3 Å². The standard InChI is InChI=1S/C20H20N4O3S/c21-19(25)8-16-11-28-20(24-16)23-15-3-1-2-13(6-15)9-22-10-14-4-5-17-18(7-14)27-12-26-17/h1-7,11,22H,8-10,12H2,(H2,21,25)(H,23,24). The summed E-state index contributed by atoms with van der Waals surface area (Å²) in [6, 6.07) is 14.1. The first-order valence-corrected chi connectivity index (χ1v) is 9.71. The first-order valence-electron chi connectivity index (χ1n) is 8.83. The fraction of sp³-hybridized carbons (Fsp3) is 0.200. The fourth-order valence-corrected chi connectivity index (χ4v) is 3.64. The van der Waals surface area contributed by atoms with Crippen LogP contribution in [0.3, 0.4) is 0 Å². The molecule has 7 nitrogen and oxygen atoms in total. The number of thiazole rings is 1. The minimum absolute atomic E-state index is 0.155. The van der Waals surface area contributed by atoms with Crippen LogP contribution in [0.15, 0.2) is 47.8 Å². The van der Waals surface area contributed by atoms with Gasteiger partial charge < -0.3 is 25.8 Å². The molecule has 0 radical (unpaired) electrons.